The van der Waals surface area contributed by atoms with Gasteiger partial charge in [-0.25, -0.2) is 0 Å². The molecule has 1 aromatic carbocycles. The van der Waals surface area contributed by atoms with Crippen molar-refractivity contribution in [3.8, 4) is 0 Å². The van der Waals surface area contributed by atoms with Crippen molar-refractivity contribution in [1.29, 1.82) is 0 Å². The zero-order chi connectivity index (χ0) is 13.0. The van der Waals surface area contributed by atoms with Gasteiger partial charge in [0.1, 0.15) is 0 Å². The number of nitrogens with zero attached hydrogens (tertiary/aromatic N) is 1. The Morgan fingerprint density at radius 3 is 2.56 bits per heavy atom. The molecule has 0 amide bonds. The molecule has 1 N–H and O–H groups in total. The van der Waals surface area contributed by atoms with E-state index >= 15 is 0 Å². The second-order valence-electron chi connectivity index (χ2n) is 4.60. The molecule has 1 atom stereocenters. The molecule has 94 valence electrons. The lowest BCUT2D eigenvalue weighted by atomic mass is 10.0. The largest absolute Gasteiger partial charge is 0.388 e. The van der Waals surface area contributed by atoms with Crippen molar-refractivity contribution in [1.82, 2.24) is 4.57 Å². The summed E-state index contributed by atoms with van der Waals surface area (Å²) in [5.41, 5.74) is 3.29. The van der Waals surface area contributed by atoms with E-state index in [9.17, 15) is 5.11 Å². The predicted octanol–water partition coefficient (Wildman–Crippen LogP) is 3.56. The molecule has 1 unspecified atom stereocenters. The summed E-state index contributed by atoms with van der Waals surface area (Å²) in [6.07, 6.45) is 6.25. The summed E-state index contributed by atoms with van der Waals surface area (Å²) in [7, 11) is 0. The first kappa shape index (κ1) is 12.7. The van der Waals surface area contributed by atoms with Crippen LogP contribution < -0.4 is 0 Å². The third kappa shape index (κ3) is 3.11. The minimum Gasteiger partial charge on any atom is -0.388 e. The van der Waals surface area contributed by atoms with Crippen molar-refractivity contribution >= 4 is 6.08 Å². The summed E-state index contributed by atoms with van der Waals surface area (Å²) in [6, 6.07) is 9.95. The average molecular weight is 241 g/mol. The highest BCUT2D eigenvalue weighted by Crippen LogP contribution is 2.18. The summed E-state index contributed by atoms with van der Waals surface area (Å²) in [5.74, 6) is 0. The van der Waals surface area contributed by atoms with Gasteiger partial charge >= 0.3 is 0 Å². The van der Waals surface area contributed by atoms with Crippen LogP contribution in [0.2, 0.25) is 0 Å². The molecule has 2 aromatic rings. The number of aliphatic hydroxyl groups excluding tert-OH is 1. The normalized spacial score (nSPS) is 12.3. The Labute approximate surface area is 108 Å². The van der Waals surface area contributed by atoms with Gasteiger partial charge in [-0.05, 0) is 36.1 Å². The molecule has 0 radical (unpaired) electrons. The SMILES string of the molecule is C=Cc1ccc(C(O)CCn2ccc(C)c2)cc1. The van der Waals surface area contributed by atoms with Gasteiger partial charge in [0.05, 0.1) is 6.10 Å². The maximum atomic E-state index is 10.1. The Balaban J connectivity index is 1.94. The minimum absolute atomic E-state index is 0.411. The van der Waals surface area contributed by atoms with Crippen molar-refractivity contribution < 1.29 is 5.11 Å². The van der Waals surface area contributed by atoms with Gasteiger partial charge in [-0.1, -0.05) is 36.9 Å². The van der Waals surface area contributed by atoms with Gasteiger partial charge in [-0.15, -0.1) is 0 Å². The molecule has 0 saturated carbocycles. The molecular weight excluding hydrogens is 222 g/mol. The van der Waals surface area contributed by atoms with Crippen LogP contribution in [0.3, 0.4) is 0 Å². The van der Waals surface area contributed by atoms with Crippen molar-refractivity contribution in [3.05, 3.63) is 66.0 Å². The molecule has 18 heavy (non-hydrogen) atoms. The van der Waals surface area contributed by atoms with Gasteiger partial charge in [0.2, 0.25) is 0 Å². The van der Waals surface area contributed by atoms with Gasteiger partial charge < -0.3 is 9.67 Å². The summed E-state index contributed by atoms with van der Waals surface area (Å²) >= 11 is 0. The fourth-order valence-corrected chi connectivity index (χ4v) is 1.99. The van der Waals surface area contributed by atoms with E-state index < -0.39 is 6.10 Å². The van der Waals surface area contributed by atoms with E-state index in [1.165, 1.54) is 5.56 Å². The molecule has 0 aliphatic carbocycles. The molecule has 0 aliphatic rings. The lowest BCUT2D eigenvalue weighted by molar-refractivity contribution is 0.161. The van der Waals surface area contributed by atoms with Crippen LogP contribution in [0, 0.1) is 6.92 Å². The second kappa shape index (κ2) is 5.69. The Hall–Kier alpha value is -1.80. The molecule has 0 spiro atoms. The molecule has 0 saturated heterocycles. The fourth-order valence-electron chi connectivity index (χ4n) is 1.99. The van der Waals surface area contributed by atoms with Crippen LogP contribution >= 0.6 is 0 Å². The van der Waals surface area contributed by atoms with E-state index in [-0.39, 0.29) is 0 Å². The number of hydrogen-bond donors (Lipinski definition) is 1. The number of aliphatic hydroxyl groups is 1. The number of hydrogen-bond acceptors (Lipinski definition) is 1. The third-order valence-corrected chi connectivity index (χ3v) is 3.12. The molecule has 0 fully saturated rings. The van der Waals surface area contributed by atoms with Gasteiger partial charge in [-0.2, -0.15) is 0 Å². The summed E-state index contributed by atoms with van der Waals surface area (Å²) < 4.78 is 2.11. The van der Waals surface area contributed by atoms with Gasteiger partial charge in [0.15, 0.2) is 0 Å². The lowest BCUT2D eigenvalue weighted by Crippen LogP contribution is -2.03. The Morgan fingerprint density at radius 1 is 1.28 bits per heavy atom. The number of rotatable bonds is 5. The van der Waals surface area contributed by atoms with Crippen LogP contribution in [0.15, 0.2) is 49.3 Å². The third-order valence-electron chi connectivity index (χ3n) is 3.12. The predicted molar refractivity (Wildman–Crippen MR) is 75.3 cm³/mol. The van der Waals surface area contributed by atoms with E-state index in [1.54, 1.807) is 6.08 Å². The van der Waals surface area contributed by atoms with E-state index in [0.29, 0.717) is 0 Å². The standard InChI is InChI=1S/C16H19NO/c1-3-14-4-6-15(7-5-14)16(18)9-11-17-10-8-13(2)12-17/h3-8,10,12,16,18H,1,9,11H2,2H3. The van der Waals surface area contributed by atoms with Crippen molar-refractivity contribution in [2.75, 3.05) is 0 Å². The monoisotopic (exact) mass is 241 g/mol. The van der Waals surface area contributed by atoms with Crippen LogP contribution in [0.25, 0.3) is 6.08 Å². The van der Waals surface area contributed by atoms with Gasteiger partial charge in [-0.3, -0.25) is 0 Å². The summed E-state index contributed by atoms with van der Waals surface area (Å²) in [5, 5.41) is 10.1. The van der Waals surface area contributed by atoms with Crippen LogP contribution in [0.5, 0.6) is 0 Å². The van der Waals surface area contributed by atoms with E-state index in [1.807, 2.05) is 30.5 Å². The smallest absolute Gasteiger partial charge is 0.0807 e. The molecule has 0 bridgehead atoms. The second-order valence-corrected chi connectivity index (χ2v) is 4.60. The quantitative estimate of drug-likeness (QED) is 0.850. The number of aryl methyl sites for hydroxylation is 2. The fraction of sp³-hybridized carbons (Fsp3) is 0.250. The molecular formula is C16H19NO. The molecule has 1 aromatic heterocycles. The van der Waals surface area contributed by atoms with Crippen molar-refractivity contribution in [2.24, 2.45) is 0 Å². The zero-order valence-corrected chi connectivity index (χ0v) is 10.7. The maximum Gasteiger partial charge on any atom is 0.0807 e. The average Bonchev–Trinajstić information content (AvgIpc) is 2.82. The Kier molecular flexibility index (Phi) is 4.00. The molecule has 2 nitrogen and oxygen atoms in total. The van der Waals surface area contributed by atoms with E-state index in [4.69, 9.17) is 0 Å². The molecule has 2 heteroatoms. The zero-order valence-electron chi connectivity index (χ0n) is 10.7. The first-order valence-electron chi connectivity index (χ1n) is 6.22. The first-order chi connectivity index (χ1) is 8.69. The van der Waals surface area contributed by atoms with Crippen LogP contribution in [-0.2, 0) is 6.54 Å². The maximum absolute atomic E-state index is 10.1. The topological polar surface area (TPSA) is 25.2 Å². The first-order valence-corrected chi connectivity index (χ1v) is 6.22. The van der Waals surface area contributed by atoms with Crippen LogP contribution in [0.1, 0.15) is 29.2 Å². The number of aromatic nitrogens is 1. The highest BCUT2D eigenvalue weighted by atomic mass is 16.3. The summed E-state index contributed by atoms with van der Waals surface area (Å²) in [6.45, 7) is 6.62. The molecule has 1 heterocycles. The van der Waals surface area contributed by atoms with E-state index in [2.05, 4.69) is 30.3 Å². The van der Waals surface area contributed by atoms with Gasteiger partial charge in [0.25, 0.3) is 0 Å². The van der Waals surface area contributed by atoms with E-state index in [0.717, 1.165) is 24.1 Å². The van der Waals surface area contributed by atoms with Crippen LogP contribution in [0.4, 0.5) is 0 Å². The van der Waals surface area contributed by atoms with Crippen molar-refractivity contribution in [3.63, 3.8) is 0 Å². The highest BCUT2D eigenvalue weighted by molar-refractivity contribution is 5.47. The summed E-state index contributed by atoms with van der Waals surface area (Å²) in [4.78, 5) is 0. The lowest BCUT2D eigenvalue weighted by Gasteiger charge is -2.11. The Morgan fingerprint density at radius 2 is 2.00 bits per heavy atom. The minimum atomic E-state index is -0.411. The highest BCUT2D eigenvalue weighted by Gasteiger charge is 2.07. The van der Waals surface area contributed by atoms with Crippen molar-refractivity contribution in [2.45, 2.75) is 26.0 Å². The molecule has 2 rings (SSSR count). The molecule has 0 aliphatic heterocycles. The Bertz CT molecular complexity index is 510. The van der Waals surface area contributed by atoms with Crippen LogP contribution in [-0.4, -0.2) is 9.67 Å². The number of benzene rings is 1. The van der Waals surface area contributed by atoms with Gasteiger partial charge in [0, 0.05) is 18.9 Å².